The molecule has 0 spiro atoms. The Morgan fingerprint density at radius 2 is 0.554 bits per heavy atom. The summed E-state index contributed by atoms with van der Waals surface area (Å²) < 4.78 is 93.5. The Morgan fingerprint density at radius 1 is 0.321 bits per heavy atom. The van der Waals surface area contributed by atoms with Gasteiger partial charge in [0.2, 0.25) is 0 Å². The molecule has 8 heteroatoms. The largest absolute Gasteiger partial charge is 0.374 e. The van der Waals surface area contributed by atoms with E-state index in [1.807, 2.05) is 0 Å². The molecule has 3 rings (SSSR count). The summed E-state index contributed by atoms with van der Waals surface area (Å²) in [5.74, 6) is -15.5. The monoisotopic (exact) mass is 795 g/mol. The standard InChI is InChI=1S/C48H76F6N2/c1-5-9-13-17-21-25-37-55(38-26-22-18-14-10-6-2)43-33-29-41(30-34-43)45(46(49,50)48(53,54)47(45,51)52)42-31-35-44(36-32-42)56(39-27-23-19-15-11-7-3)40-28-24-20-16-12-8-4/h29-36H,5-28,37-40H2,1-4H3. The third-order valence-electron chi connectivity index (χ3n) is 12.2. The summed E-state index contributed by atoms with van der Waals surface area (Å²) in [4.78, 5) is 4.41. The minimum Gasteiger partial charge on any atom is -0.372 e. The first-order valence-corrected chi connectivity index (χ1v) is 22.8. The van der Waals surface area contributed by atoms with Crippen LogP contribution in [0, 0.1) is 0 Å². The van der Waals surface area contributed by atoms with Crippen LogP contribution in [-0.4, -0.2) is 43.9 Å². The summed E-state index contributed by atoms with van der Waals surface area (Å²) in [5, 5.41) is 0. The van der Waals surface area contributed by atoms with Crippen molar-refractivity contribution >= 4 is 11.4 Å². The fraction of sp³-hybridized carbons (Fsp3) is 0.750. The normalized spacial score (nSPS) is 16.5. The lowest BCUT2D eigenvalue weighted by atomic mass is 9.52. The molecular weight excluding hydrogens is 719 g/mol. The first kappa shape index (κ1) is 48.0. The van der Waals surface area contributed by atoms with E-state index < -0.39 is 34.3 Å². The average Bonchev–Trinajstić information content (AvgIpc) is 3.19. The molecule has 1 saturated carbocycles. The van der Waals surface area contributed by atoms with Crippen molar-refractivity contribution in [1.82, 2.24) is 0 Å². The quantitative estimate of drug-likeness (QED) is 0.0538. The molecule has 0 radical (unpaired) electrons. The predicted molar refractivity (Wildman–Crippen MR) is 226 cm³/mol. The van der Waals surface area contributed by atoms with Crippen LogP contribution in [0.15, 0.2) is 48.5 Å². The maximum Gasteiger partial charge on any atom is 0.374 e. The zero-order chi connectivity index (χ0) is 40.9. The number of anilines is 2. The Labute approximate surface area is 337 Å². The SMILES string of the molecule is CCCCCCCCN(CCCCCCCC)c1ccc(C2(c3ccc(N(CCCCCCCC)CCCCCCCC)cc3)C(F)(F)C(F)(F)C2(F)F)cc1. The summed E-state index contributed by atoms with van der Waals surface area (Å²) in [5.41, 5.74) is -2.96. The number of benzene rings is 2. The number of hydrogen-bond acceptors (Lipinski definition) is 2. The van der Waals surface area contributed by atoms with Crippen molar-refractivity contribution < 1.29 is 26.3 Å². The molecule has 56 heavy (non-hydrogen) atoms. The van der Waals surface area contributed by atoms with Crippen LogP contribution >= 0.6 is 0 Å². The molecule has 0 bridgehead atoms. The summed E-state index contributed by atoms with van der Waals surface area (Å²) >= 11 is 0. The second-order valence-electron chi connectivity index (χ2n) is 16.6. The minimum atomic E-state index is -5.49. The third kappa shape index (κ3) is 11.9. The van der Waals surface area contributed by atoms with Gasteiger partial charge in [-0.05, 0) is 61.1 Å². The lowest BCUT2D eigenvalue weighted by Gasteiger charge is -2.59. The molecule has 0 heterocycles. The van der Waals surface area contributed by atoms with Crippen LogP contribution in [0.3, 0.4) is 0 Å². The fourth-order valence-electron chi connectivity index (χ4n) is 8.61. The lowest BCUT2D eigenvalue weighted by Crippen LogP contribution is -2.84. The van der Waals surface area contributed by atoms with Crippen molar-refractivity contribution in [3.63, 3.8) is 0 Å². The van der Waals surface area contributed by atoms with Gasteiger partial charge in [-0.1, -0.05) is 180 Å². The molecule has 1 aliphatic carbocycles. The number of rotatable bonds is 32. The van der Waals surface area contributed by atoms with Gasteiger partial charge in [0.1, 0.15) is 0 Å². The van der Waals surface area contributed by atoms with E-state index in [1.54, 1.807) is 24.3 Å². The van der Waals surface area contributed by atoms with E-state index in [2.05, 4.69) is 37.5 Å². The van der Waals surface area contributed by atoms with E-state index in [0.29, 0.717) is 0 Å². The highest BCUT2D eigenvalue weighted by Crippen LogP contribution is 2.74. The van der Waals surface area contributed by atoms with Crippen molar-refractivity contribution in [3.05, 3.63) is 59.7 Å². The average molecular weight is 795 g/mol. The lowest BCUT2D eigenvalue weighted by molar-refractivity contribution is -0.438. The molecular formula is C48H76F6N2. The van der Waals surface area contributed by atoms with E-state index in [9.17, 15) is 8.78 Å². The number of unbranched alkanes of at least 4 members (excludes halogenated alkanes) is 20. The van der Waals surface area contributed by atoms with E-state index in [1.165, 1.54) is 101 Å². The Morgan fingerprint density at radius 3 is 0.804 bits per heavy atom. The number of halogens is 6. The van der Waals surface area contributed by atoms with Crippen molar-refractivity contribution in [2.45, 2.75) is 205 Å². The smallest absolute Gasteiger partial charge is 0.372 e. The van der Waals surface area contributed by atoms with E-state index in [0.717, 1.165) is 115 Å². The highest BCUT2D eigenvalue weighted by atomic mass is 19.4. The van der Waals surface area contributed by atoms with Crippen molar-refractivity contribution in [2.75, 3.05) is 36.0 Å². The third-order valence-corrected chi connectivity index (χ3v) is 12.2. The van der Waals surface area contributed by atoms with E-state index in [-0.39, 0.29) is 0 Å². The number of alkyl halides is 6. The molecule has 2 aromatic carbocycles. The van der Waals surface area contributed by atoms with Crippen LogP contribution in [0.25, 0.3) is 0 Å². The van der Waals surface area contributed by atoms with Gasteiger partial charge in [0.15, 0.2) is 5.41 Å². The van der Waals surface area contributed by atoms with Crippen LogP contribution in [-0.2, 0) is 5.41 Å². The maximum absolute atomic E-state index is 15.9. The van der Waals surface area contributed by atoms with Gasteiger partial charge in [-0.15, -0.1) is 0 Å². The van der Waals surface area contributed by atoms with Crippen LogP contribution in [0.4, 0.5) is 37.7 Å². The van der Waals surface area contributed by atoms with Crippen LogP contribution in [0.1, 0.15) is 193 Å². The van der Waals surface area contributed by atoms with Crippen LogP contribution < -0.4 is 9.80 Å². The summed E-state index contributed by atoms with van der Waals surface area (Å²) in [6, 6.07) is 11.3. The Balaban J connectivity index is 1.90. The predicted octanol–water partition coefficient (Wildman–Crippen LogP) is 15.9. The number of hydrogen-bond donors (Lipinski definition) is 0. The summed E-state index contributed by atoms with van der Waals surface area (Å²) in [6.07, 6.45) is 27.0. The zero-order valence-corrected chi connectivity index (χ0v) is 35.6. The minimum absolute atomic E-state index is 0.481. The molecule has 2 nitrogen and oxygen atoms in total. The molecule has 2 aromatic rings. The Kier molecular flexibility index (Phi) is 21.0. The molecule has 320 valence electrons. The van der Waals surface area contributed by atoms with Crippen LogP contribution in [0.2, 0.25) is 0 Å². The molecule has 0 aromatic heterocycles. The molecule has 0 aliphatic heterocycles. The second-order valence-corrected chi connectivity index (χ2v) is 16.6. The molecule has 0 atom stereocenters. The fourth-order valence-corrected chi connectivity index (χ4v) is 8.61. The highest BCUT2D eigenvalue weighted by molar-refractivity contribution is 5.60. The molecule has 0 saturated heterocycles. The Hall–Kier alpha value is -2.38. The Bertz CT molecular complexity index is 1180. The van der Waals surface area contributed by atoms with Gasteiger partial charge >= 0.3 is 17.8 Å². The summed E-state index contributed by atoms with van der Waals surface area (Å²) in [6.45, 7) is 11.8. The van der Waals surface area contributed by atoms with Gasteiger partial charge in [0.05, 0.1) is 0 Å². The van der Waals surface area contributed by atoms with E-state index >= 15 is 17.6 Å². The zero-order valence-electron chi connectivity index (χ0n) is 35.6. The van der Waals surface area contributed by atoms with Crippen molar-refractivity contribution in [2.24, 2.45) is 0 Å². The second kappa shape index (κ2) is 24.5. The molecule has 1 aliphatic rings. The first-order valence-electron chi connectivity index (χ1n) is 22.8. The number of nitrogens with zero attached hydrogens (tertiary/aromatic N) is 2. The topological polar surface area (TPSA) is 6.48 Å². The van der Waals surface area contributed by atoms with Crippen molar-refractivity contribution in [3.8, 4) is 0 Å². The molecule has 0 N–H and O–H groups in total. The van der Waals surface area contributed by atoms with Gasteiger partial charge in [-0.2, -0.15) is 26.3 Å². The highest BCUT2D eigenvalue weighted by Gasteiger charge is 2.98. The van der Waals surface area contributed by atoms with Gasteiger partial charge in [-0.3, -0.25) is 0 Å². The molecule has 0 amide bonds. The van der Waals surface area contributed by atoms with Crippen molar-refractivity contribution in [1.29, 1.82) is 0 Å². The van der Waals surface area contributed by atoms with Gasteiger partial charge < -0.3 is 9.80 Å². The van der Waals surface area contributed by atoms with E-state index in [4.69, 9.17) is 0 Å². The van der Waals surface area contributed by atoms with Gasteiger partial charge in [0, 0.05) is 37.6 Å². The maximum atomic E-state index is 15.9. The molecule has 0 unspecified atom stereocenters. The van der Waals surface area contributed by atoms with Gasteiger partial charge in [0.25, 0.3) is 0 Å². The van der Waals surface area contributed by atoms with Gasteiger partial charge in [-0.25, -0.2) is 0 Å². The summed E-state index contributed by atoms with van der Waals surface area (Å²) in [7, 11) is 0. The first-order chi connectivity index (χ1) is 27.0. The molecule has 1 fully saturated rings. The van der Waals surface area contributed by atoms with Crippen LogP contribution in [0.5, 0.6) is 0 Å².